The second-order valence-corrected chi connectivity index (χ2v) is 5.87. The first-order valence-electron chi connectivity index (χ1n) is 7.84. The fourth-order valence-corrected chi connectivity index (χ4v) is 2.64. The van der Waals surface area contributed by atoms with Crippen molar-refractivity contribution in [3.63, 3.8) is 0 Å². The molecule has 0 radical (unpaired) electrons. The molecule has 3 aromatic rings. The van der Waals surface area contributed by atoms with Gasteiger partial charge in [0.2, 0.25) is 0 Å². The number of benzene rings is 2. The van der Waals surface area contributed by atoms with E-state index in [0.29, 0.717) is 10.8 Å². The minimum atomic E-state index is -0.440. The van der Waals surface area contributed by atoms with Gasteiger partial charge >= 0.3 is 5.97 Å². The summed E-state index contributed by atoms with van der Waals surface area (Å²) in [5, 5.41) is 0.367. The van der Waals surface area contributed by atoms with Crippen molar-refractivity contribution in [2.45, 2.75) is 13.0 Å². The summed E-state index contributed by atoms with van der Waals surface area (Å²) < 4.78 is 6.77. The lowest BCUT2D eigenvalue weighted by atomic mass is 10.1. The molecule has 0 aliphatic rings. The first-order chi connectivity index (χ1) is 12.1. The Bertz CT molecular complexity index is 935. The van der Waals surface area contributed by atoms with Crippen molar-refractivity contribution in [3.05, 3.63) is 88.3 Å². The molecule has 0 bridgehead atoms. The van der Waals surface area contributed by atoms with Gasteiger partial charge in [-0.25, -0.2) is 0 Å². The van der Waals surface area contributed by atoms with Gasteiger partial charge < -0.3 is 9.30 Å². The number of carbonyl (C=O) groups is 1. The van der Waals surface area contributed by atoms with Crippen LogP contribution in [0.3, 0.4) is 0 Å². The lowest BCUT2D eigenvalue weighted by Crippen LogP contribution is -2.21. The zero-order valence-corrected chi connectivity index (χ0v) is 14.1. The number of halogens is 1. The summed E-state index contributed by atoms with van der Waals surface area (Å²) in [6.45, 7) is 0.262. The van der Waals surface area contributed by atoms with Crippen LogP contribution in [0.15, 0.2) is 77.7 Å². The van der Waals surface area contributed by atoms with Crippen molar-refractivity contribution in [1.82, 2.24) is 4.57 Å². The van der Waals surface area contributed by atoms with Gasteiger partial charge in [0, 0.05) is 18.8 Å². The highest BCUT2D eigenvalue weighted by molar-refractivity contribution is 6.32. The van der Waals surface area contributed by atoms with E-state index in [0.717, 1.165) is 11.1 Å². The third kappa shape index (κ3) is 4.37. The smallest absolute Gasteiger partial charge is 0.313 e. The number of nitrogens with zero attached hydrogens (tertiary/aromatic N) is 1. The van der Waals surface area contributed by atoms with Crippen LogP contribution in [0.4, 0.5) is 0 Å². The van der Waals surface area contributed by atoms with Crippen LogP contribution < -0.4 is 10.3 Å². The normalized spacial score (nSPS) is 10.4. The molecule has 0 aliphatic heterocycles. The van der Waals surface area contributed by atoms with Gasteiger partial charge in [-0.3, -0.25) is 9.59 Å². The molecule has 25 heavy (non-hydrogen) atoms. The Balaban J connectivity index is 1.65. The molecule has 0 fully saturated rings. The van der Waals surface area contributed by atoms with Crippen molar-refractivity contribution >= 4 is 17.6 Å². The molecular weight excluding hydrogens is 338 g/mol. The van der Waals surface area contributed by atoms with E-state index in [-0.39, 0.29) is 18.5 Å². The summed E-state index contributed by atoms with van der Waals surface area (Å²) in [6.07, 6.45) is 1.72. The highest BCUT2D eigenvalue weighted by atomic mass is 35.5. The summed E-state index contributed by atoms with van der Waals surface area (Å²) in [7, 11) is 0. The van der Waals surface area contributed by atoms with E-state index in [1.807, 2.05) is 36.4 Å². The Labute approximate surface area is 150 Å². The molecule has 2 aromatic carbocycles. The number of ether oxygens (including phenoxy) is 1. The molecule has 0 amide bonds. The van der Waals surface area contributed by atoms with Crippen LogP contribution in [-0.2, 0) is 11.3 Å². The van der Waals surface area contributed by atoms with Gasteiger partial charge in [0.05, 0.1) is 11.4 Å². The van der Waals surface area contributed by atoms with Crippen LogP contribution in [0, 0.1) is 0 Å². The van der Waals surface area contributed by atoms with Crippen LogP contribution >= 0.6 is 11.6 Å². The molecule has 1 aromatic heterocycles. The standard InChI is InChI=1S/C20H16ClNO3/c21-17-14-16(15-6-2-1-3-7-15)9-10-18(17)25-20(24)11-13-22-12-5-4-8-19(22)23/h1-10,12,14H,11,13H2. The van der Waals surface area contributed by atoms with Gasteiger partial charge in [0.25, 0.3) is 5.56 Å². The molecule has 5 heteroatoms. The molecule has 0 aliphatic carbocycles. The maximum absolute atomic E-state index is 12.0. The number of aromatic nitrogens is 1. The second kappa shape index (κ2) is 7.81. The zero-order valence-electron chi connectivity index (χ0n) is 13.4. The number of esters is 1. The molecular formula is C20H16ClNO3. The van der Waals surface area contributed by atoms with Crippen LogP contribution in [0.2, 0.25) is 5.02 Å². The lowest BCUT2D eigenvalue weighted by molar-refractivity contribution is -0.134. The van der Waals surface area contributed by atoms with Crippen LogP contribution in [0.1, 0.15) is 6.42 Å². The molecule has 0 saturated heterocycles. The number of aryl methyl sites for hydroxylation is 1. The summed E-state index contributed by atoms with van der Waals surface area (Å²) in [5.41, 5.74) is 1.83. The van der Waals surface area contributed by atoms with Gasteiger partial charge in [-0.1, -0.05) is 54.1 Å². The van der Waals surface area contributed by atoms with Crippen LogP contribution in [-0.4, -0.2) is 10.5 Å². The average molecular weight is 354 g/mol. The molecule has 126 valence electrons. The third-order valence-electron chi connectivity index (χ3n) is 3.72. The maximum atomic E-state index is 12.0. The van der Waals surface area contributed by atoms with E-state index >= 15 is 0 Å². The minimum Gasteiger partial charge on any atom is -0.425 e. The van der Waals surface area contributed by atoms with Crippen molar-refractivity contribution in [1.29, 1.82) is 0 Å². The fraction of sp³-hybridized carbons (Fsp3) is 0.100. The van der Waals surface area contributed by atoms with Crippen LogP contribution in [0.5, 0.6) is 5.75 Å². The molecule has 3 rings (SSSR count). The quantitative estimate of drug-likeness (QED) is 0.511. The Morgan fingerprint density at radius 2 is 1.72 bits per heavy atom. The summed E-state index contributed by atoms with van der Waals surface area (Å²) in [4.78, 5) is 23.6. The van der Waals surface area contributed by atoms with E-state index in [4.69, 9.17) is 16.3 Å². The highest BCUT2D eigenvalue weighted by Gasteiger charge is 2.10. The maximum Gasteiger partial charge on any atom is 0.313 e. The zero-order chi connectivity index (χ0) is 17.6. The first-order valence-corrected chi connectivity index (χ1v) is 8.22. The van der Waals surface area contributed by atoms with Crippen molar-refractivity contribution < 1.29 is 9.53 Å². The van der Waals surface area contributed by atoms with Gasteiger partial charge in [-0.2, -0.15) is 0 Å². The predicted octanol–water partition coefficient (Wildman–Crippen LogP) is 4.16. The Morgan fingerprint density at radius 3 is 2.44 bits per heavy atom. The van der Waals surface area contributed by atoms with Crippen molar-refractivity contribution in [2.24, 2.45) is 0 Å². The summed E-state index contributed by atoms with van der Waals surface area (Å²) >= 11 is 6.23. The topological polar surface area (TPSA) is 48.3 Å². The molecule has 0 atom stereocenters. The molecule has 1 heterocycles. The number of pyridine rings is 1. The number of hydrogen-bond acceptors (Lipinski definition) is 3. The number of hydrogen-bond donors (Lipinski definition) is 0. The minimum absolute atomic E-state index is 0.0840. The summed E-state index contributed by atoms with van der Waals surface area (Å²) in [5.74, 6) is -0.128. The third-order valence-corrected chi connectivity index (χ3v) is 4.01. The SMILES string of the molecule is O=C(CCn1ccccc1=O)Oc1ccc(-c2ccccc2)cc1Cl. The highest BCUT2D eigenvalue weighted by Crippen LogP contribution is 2.30. The van der Waals surface area contributed by atoms with Gasteiger partial charge in [-0.15, -0.1) is 0 Å². The van der Waals surface area contributed by atoms with Gasteiger partial charge in [-0.05, 0) is 29.3 Å². The van der Waals surface area contributed by atoms with Gasteiger partial charge in [0.1, 0.15) is 5.75 Å². The second-order valence-electron chi connectivity index (χ2n) is 5.47. The molecule has 0 saturated carbocycles. The Hall–Kier alpha value is -2.85. The fourth-order valence-electron chi connectivity index (χ4n) is 2.42. The van der Waals surface area contributed by atoms with E-state index in [1.54, 1.807) is 30.5 Å². The summed E-state index contributed by atoms with van der Waals surface area (Å²) in [6, 6.07) is 19.9. The van der Waals surface area contributed by atoms with Crippen molar-refractivity contribution in [2.75, 3.05) is 0 Å². The van der Waals surface area contributed by atoms with Crippen LogP contribution in [0.25, 0.3) is 11.1 Å². The molecule has 4 nitrogen and oxygen atoms in total. The van der Waals surface area contributed by atoms with E-state index < -0.39 is 5.97 Å². The van der Waals surface area contributed by atoms with E-state index in [2.05, 4.69) is 0 Å². The average Bonchev–Trinajstić information content (AvgIpc) is 2.63. The Kier molecular flexibility index (Phi) is 5.31. The van der Waals surface area contributed by atoms with E-state index in [9.17, 15) is 9.59 Å². The van der Waals surface area contributed by atoms with Crippen molar-refractivity contribution in [3.8, 4) is 16.9 Å². The number of rotatable bonds is 5. The molecule has 0 N–H and O–H groups in total. The number of carbonyl (C=O) groups excluding carboxylic acids is 1. The largest absolute Gasteiger partial charge is 0.425 e. The predicted molar refractivity (Wildman–Crippen MR) is 97.8 cm³/mol. The van der Waals surface area contributed by atoms with E-state index in [1.165, 1.54) is 10.6 Å². The molecule has 0 spiro atoms. The van der Waals surface area contributed by atoms with Gasteiger partial charge in [0.15, 0.2) is 0 Å². The molecule has 0 unspecified atom stereocenters. The lowest BCUT2D eigenvalue weighted by Gasteiger charge is -2.09. The first kappa shape index (κ1) is 17.0. The monoisotopic (exact) mass is 353 g/mol. The Morgan fingerprint density at radius 1 is 0.960 bits per heavy atom.